The molecule has 0 saturated carbocycles. The van der Waals surface area contributed by atoms with Crippen molar-refractivity contribution in [2.45, 2.75) is 6.54 Å². The number of H-pyrrole nitrogens is 1. The van der Waals surface area contributed by atoms with Gasteiger partial charge in [-0.2, -0.15) is 0 Å². The molecular weight excluding hydrogens is 196 g/mol. The number of fused-ring (bicyclic) bond motifs is 1. The van der Waals surface area contributed by atoms with Crippen LogP contribution in [-0.4, -0.2) is 10.2 Å². The fraction of sp³-hybridized carbons (Fsp3) is 0.100. The summed E-state index contributed by atoms with van der Waals surface area (Å²) in [5.74, 6) is 0. The highest BCUT2D eigenvalue weighted by molar-refractivity contribution is 7.96. The molecule has 0 fully saturated rings. The van der Waals surface area contributed by atoms with Crippen molar-refractivity contribution < 1.29 is 4.79 Å². The molecule has 0 aliphatic heterocycles. The maximum Gasteiger partial charge on any atom is 0.276 e. The van der Waals surface area contributed by atoms with Crippen molar-refractivity contribution in [3.8, 4) is 0 Å². The average molecular weight is 206 g/mol. The van der Waals surface area contributed by atoms with Gasteiger partial charge in [0.2, 0.25) is 0 Å². The lowest BCUT2D eigenvalue weighted by Crippen LogP contribution is -2.15. The van der Waals surface area contributed by atoms with E-state index in [1.54, 1.807) is 0 Å². The van der Waals surface area contributed by atoms with Gasteiger partial charge in [0, 0.05) is 23.6 Å². The molecular formula is C10H10N2OS. The lowest BCUT2D eigenvalue weighted by atomic mass is 10.2. The minimum Gasteiger partial charge on any atom is -0.361 e. The molecule has 3 nitrogen and oxygen atoms in total. The number of amides is 1. The number of aromatic nitrogens is 1. The summed E-state index contributed by atoms with van der Waals surface area (Å²) in [7, 11) is 0. The van der Waals surface area contributed by atoms with Crippen LogP contribution in [0.15, 0.2) is 30.5 Å². The van der Waals surface area contributed by atoms with E-state index >= 15 is 0 Å². The second-order valence-electron chi connectivity index (χ2n) is 3.02. The Kier molecular flexibility index (Phi) is 2.45. The van der Waals surface area contributed by atoms with Crippen molar-refractivity contribution in [1.82, 2.24) is 10.3 Å². The van der Waals surface area contributed by atoms with Crippen LogP contribution in [0.5, 0.6) is 0 Å². The van der Waals surface area contributed by atoms with E-state index in [0.29, 0.717) is 6.54 Å². The Morgan fingerprint density at radius 3 is 3.00 bits per heavy atom. The van der Waals surface area contributed by atoms with Gasteiger partial charge in [0.15, 0.2) is 0 Å². The number of para-hydroxylation sites is 1. The molecule has 0 spiro atoms. The molecule has 1 heterocycles. The largest absolute Gasteiger partial charge is 0.361 e. The van der Waals surface area contributed by atoms with E-state index in [2.05, 4.69) is 22.9 Å². The Balaban J connectivity index is 2.29. The number of benzene rings is 1. The Morgan fingerprint density at radius 1 is 1.43 bits per heavy atom. The molecule has 0 aliphatic carbocycles. The molecule has 1 amide bonds. The van der Waals surface area contributed by atoms with Gasteiger partial charge < -0.3 is 10.3 Å². The van der Waals surface area contributed by atoms with Crippen LogP contribution in [0, 0.1) is 0 Å². The molecule has 1 aromatic heterocycles. The van der Waals surface area contributed by atoms with Gasteiger partial charge in [0.05, 0.1) is 0 Å². The maximum atomic E-state index is 10.6. The molecule has 0 bridgehead atoms. The van der Waals surface area contributed by atoms with Crippen molar-refractivity contribution in [1.29, 1.82) is 0 Å². The molecule has 0 saturated heterocycles. The van der Waals surface area contributed by atoms with Crippen LogP contribution in [-0.2, 0) is 6.54 Å². The van der Waals surface area contributed by atoms with E-state index < -0.39 is 0 Å². The lowest BCUT2D eigenvalue weighted by molar-refractivity contribution is 0.261. The van der Waals surface area contributed by atoms with Crippen LogP contribution in [0.2, 0.25) is 0 Å². The summed E-state index contributed by atoms with van der Waals surface area (Å²) in [5, 5.41) is 3.47. The van der Waals surface area contributed by atoms with E-state index in [0.717, 1.165) is 16.5 Å². The van der Waals surface area contributed by atoms with Crippen molar-refractivity contribution in [3.05, 3.63) is 36.0 Å². The second-order valence-corrected chi connectivity index (χ2v) is 3.42. The predicted molar refractivity (Wildman–Crippen MR) is 59.5 cm³/mol. The normalized spacial score (nSPS) is 10.4. The van der Waals surface area contributed by atoms with Crippen LogP contribution < -0.4 is 5.32 Å². The highest BCUT2D eigenvalue weighted by Gasteiger charge is 2.02. The number of hydrogen-bond donors (Lipinski definition) is 3. The first-order chi connectivity index (χ1) is 6.77. The van der Waals surface area contributed by atoms with E-state index in [9.17, 15) is 4.79 Å². The number of thiol groups is 1. The number of nitrogens with one attached hydrogen (secondary N) is 2. The first-order valence-corrected chi connectivity index (χ1v) is 4.74. The van der Waals surface area contributed by atoms with Gasteiger partial charge in [0.1, 0.15) is 0 Å². The van der Waals surface area contributed by atoms with Gasteiger partial charge in [-0.15, -0.1) is 0 Å². The van der Waals surface area contributed by atoms with Gasteiger partial charge in [-0.05, 0) is 11.6 Å². The first-order valence-electron chi connectivity index (χ1n) is 4.29. The highest BCUT2D eigenvalue weighted by Crippen LogP contribution is 2.17. The highest BCUT2D eigenvalue weighted by atomic mass is 32.1. The lowest BCUT2D eigenvalue weighted by Gasteiger charge is -1.98. The smallest absolute Gasteiger partial charge is 0.276 e. The van der Waals surface area contributed by atoms with Crippen LogP contribution in [0.25, 0.3) is 10.9 Å². The van der Waals surface area contributed by atoms with Gasteiger partial charge in [-0.1, -0.05) is 30.8 Å². The molecule has 2 rings (SSSR count). The van der Waals surface area contributed by atoms with Crippen LogP contribution >= 0.6 is 12.6 Å². The Hall–Kier alpha value is -1.42. The molecule has 0 aliphatic rings. The Bertz CT molecular complexity index is 464. The van der Waals surface area contributed by atoms with E-state index in [4.69, 9.17) is 0 Å². The van der Waals surface area contributed by atoms with Crippen molar-refractivity contribution in [3.63, 3.8) is 0 Å². The summed E-state index contributed by atoms with van der Waals surface area (Å²) in [4.78, 5) is 13.8. The maximum absolute atomic E-state index is 10.6. The molecule has 0 atom stereocenters. The molecule has 2 aromatic rings. The zero-order valence-electron chi connectivity index (χ0n) is 7.45. The number of hydrogen-bond acceptors (Lipinski definition) is 1. The first kappa shape index (κ1) is 9.15. The zero-order chi connectivity index (χ0) is 9.97. The third-order valence-electron chi connectivity index (χ3n) is 2.10. The van der Waals surface area contributed by atoms with Gasteiger partial charge in [-0.25, -0.2) is 0 Å². The Morgan fingerprint density at radius 2 is 2.21 bits per heavy atom. The van der Waals surface area contributed by atoms with E-state index in [-0.39, 0.29) is 5.24 Å². The van der Waals surface area contributed by atoms with E-state index in [1.165, 1.54) is 0 Å². The molecule has 0 unspecified atom stereocenters. The summed E-state index contributed by atoms with van der Waals surface area (Å²) in [6.07, 6.45) is 1.90. The van der Waals surface area contributed by atoms with Crippen molar-refractivity contribution in [2.75, 3.05) is 0 Å². The quantitative estimate of drug-likeness (QED) is 0.649. The topological polar surface area (TPSA) is 44.9 Å². The summed E-state index contributed by atoms with van der Waals surface area (Å²) >= 11 is 3.64. The number of carbonyl (C=O) groups is 1. The molecule has 2 N–H and O–H groups in total. The van der Waals surface area contributed by atoms with Crippen LogP contribution in [0.4, 0.5) is 4.79 Å². The van der Waals surface area contributed by atoms with Gasteiger partial charge in [-0.3, -0.25) is 4.79 Å². The minimum atomic E-state index is -0.310. The third-order valence-corrected chi connectivity index (χ3v) is 2.26. The number of carbonyl (C=O) groups excluding carboxylic acids is 1. The summed E-state index contributed by atoms with van der Waals surface area (Å²) < 4.78 is 0. The molecule has 14 heavy (non-hydrogen) atoms. The van der Waals surface area contributed by atoms with Crippen molar-refractivity contribution in [2.24, 2.45) is 0 Å². The standard InChI is InChI=1S/C10H10N2OS/c13-10(14)12-6-7-5-11-9-4-2-1-3-8(7)9/h1-5,11H,6H2,(H2,12,13,14). The molecule has 1 aromatic carbocycles. The van der Waals surface area contributed by atoms with Gasteiger partial charge >= 0.3 is 0 Å². The van der Waals surface area contributed by atoms with E-state index in [1.807, 2.05) is 30.5 Å². The molecule has 0 radical (unpaired) electrons. The number of rotatable bonds is 2. The van der Waals surface area contributed by atoms with Gasteiger partial charge in [0.25, 0.3) is 5.24 Å². The van der Waals surface area contributed by atoms with Crippen molar-refractivity contribution >= 4 is 28.8 Å². The second kappa shape index (κ2) is 3.75. The summed E-state index contributed by atoms with van der Waals surface area (Å²) in [6.45, 7) is 0.506. The number of aromatic amines is 1. The summed E-state index contributed by atoms with van der Waals surface area (Å²) in [6, 6.07) is 7.97. The predicted octanol–water partition coefficient (Wildman–Crippen LogP) is 2.31. The van der Waals surface area contributed by atoms with Crippen LogP contribution in [0.1, 0.15) is 5.56 Å². The zero-order valence-corrected chi connectivity index (χ0v) is 8.34. The fourth-order valence-electron chi connectivity index (χ4n) is 1.45. The Labute approximate surface area is 86.9 Å². The molecule has 72 valence electrons. The minimum absolute atomic E-state index is 0.310. The van der Waals surface area contributed by atoms with Crippen LogP contribution in [0.3, 0.4) is 0 Å². The fourth-order valence-corrected chi connectivity index (χ4v) is 1.53. The molecule has 4 heteroatoms. The third kappa shape index (κ3) is 1.75. The summed E-state index contributed by atoms with van der Waals surface area (Å²) in [5.41, 5.74) is 2.15. The average Bonchev–Trinajstić information content (AvgIpc) is 2.58. The SMILES string of the molecule is O=C(S)NCc1c[nH]c2ccccc12. The monoisotopic (exact) mass is 206 g/mol.